The second-order valence-corrected chi connectivity index (χ2v) is 7.79. The highest BCUT2D eigenvalue weighted by molar-refractivity contribution is 6.35. The maximum absolute atomic E-state index is 13.2. The van der Waals surface area contributed by atoms with Crippen molar-refractivity contribution < 1.29 is 14.0 Å². The second kappa shape index (κ2) is 10.3. The molecule has 1 fully saturated rings. The average molecular weight is 428 g/mol. The molecule has 1 heterocycles. The van der Waals surface area contributed by atoms with E-state index in [0.717, 1.165) is 43.1 Å². The fraction of sp³-hybridized carbons (Fsp3) is 0.391. The fourth-order valence-electron chi connectivity index (χ4n) is 3.78. The highest BCUT2D eigenvalue weighted by Crippen LogP contribution is 2.26. The van der Waals surface area contributed by atoms with Crippen molar-refractivity contribution in [3.8, 4) is 0 Å². The topological polar surface area (TPSA) is 67.9 Å². The van der Waals surface area contributed by atoms with Gasteiger partial charge in [0.05, 0.1) is 6.04 Å². The van der Waals surface area contributed by atoms with Crippen LogP contribution in [0.1, 0.15) is 11.6 Å². The zero-order chi connectivity index (χ0) is 22.4. The number of amides is 2. The average Bonchev–Trinajstić information content (AvgIpc) is 2.79. The normalized spacial score (nSPS) is 15.3. The number of benzene rings is 2. The van der Waals surface area contributed by atoms with E-state index in [1.807, 2.05) is 19.0 Å². The van der Waals surface area contributed by atoms with Gasteiger partial charge in [-0.2, -0.15) is 0 Å². The number of anilines is 2. The third-order valence-corrected chi connectivity index (χ3v) is 5.63. The Bertz CT molecular complexity index is 878. The molecule has 3 rings (SSSR count). The van der Waals surface area contributed by atoms with E-state index in [2.05, 4.69) is 44.7 Å². The summed E-state index contributed by atoms with van der Waals surface area (Å²) in [5, 5.41) is 5.11. The van der Waals surface area contributed by atoms with Crippen LogP contribution >= 0.6 is 0 Å². The van der Waals surface area contributed by atoms with Crippen molar-refractivity contribution in [3.63, 3.8) is 0 Å². The molecule has 8 heteroatoms. The van der Waals surface area contributed by atoms with E-state index < -0.39 is 11.8 Å². The third-order valence-electron chi connectivity index (χ3n) is 5.63. The van der Waals surface area contributed by atoms with E-state index in [4.69, 9.17) is 0 Å². The van der Waals surface area contributed by atoms with Gasteiger partial charge in [-0.25, -0.2) is 4.39 Å². The Hall–Kier alpha value is -3.13. The Morgan fingerprint density at radius 1 is 0.968 bits per heavy atom. The summed E-state index contributed by atoms with van der Waals surface area (Å²) in [5.74, 6) is -1.53. The molecular formula is C23H30FN5O2. The summed E-state index contributed by atoms with van der Waals surface area (Å²) in [6, 6.07) is 14.7. The molecule has 0 radical (unpaired) electrons. The highest BCUT2D eigenvalue weighted by atomic mass is 19.1. The van der Waals surface area contributed by atoms with Crippen LogP contribution in [-0.4, -0.2) is 70.6 Å². The number of carbonyl (C=O) groups excluding carboxylic acids is 2. The van der Waals surface area contributed by atoms with E-state index in [1.54, 1.807) is 12.1 Å². The van der Waals surface area contributed by atoms with Gasteiger partial charge in [0.25, 0.3) is 0 Å². The van der Waals surface area contributed by atoms with Crippen LogP contribution in [0.5, 0.6) is 0 Å². The number of piperazine rings is 1. The van der Waals surface area contributed by atoms with Gasteiger partial charge in [0.15, 0.2) is 0 Å². The lowest BCUT2D eigenvalue weighted by Crippen LogP contribution is -2.50. The van der Waals surface area contributed by atoms with Gasteiger partial charge < -0.3 is 20.4 Å². The summed E-state index contributed by atoms with van der Waals surface area (Å²) in [6.45, 7) is 3.49. The van der Waals surface area contributed by atoms with Gasteiger partial charge in [-0.15, -0.1) is 0 Å². The lowest BCUT2D eigenvalue weighted by atomic mass is 10.0. The van der Waals surface area contributed by atoms with E-state index >= 15 is 0 Å². The van der Waals surface area contributed by atoms with Gasteiger partial charge in [0.2, 0.25) is 0 Å². The van der Waals surface area contributed by atoms with Crippen LogP contribution in [0.4, 0.5) is 15.8 Å². The first-order chi connectivity index (χ1) is 14.9. The van der Waals surface area contributed by atoms with Crippen molar-refractivity contribution in [3.05, 3.63) is 59.9 Å². The van der Waals surface area contributed by atoms with Crippen LogP contribution in [0.2, 0.25) is 0 Å². The second-order valence-electron chi connectivity index (χ2n) is 7.79. The molecule has 1 atom stereocenters. The number of nitrogens with zero attached hydrogens (tertiary/aromatic N) is 3. The van der Waals surface area contributed by atoms with Crippen molar-refractivity contribution in [2.45, 2.75) is 6.04 Å². The van der Waals surface area contributed by atoms with Crippen LogP contribution in [0.15, 0.2) is 48.5 Å². The number of hydrogen-bond donors (Lipinski definition) is 2. The SMILES string of the molecule is CNC(=O)C(=O)NCC(c1ccc(N(C)C)cc1)N1CCN(c2ccc(F)cc2)CC1. The Kier molecular flexibility index (Phi) is 7.46. The summed E-state index contributed by atoms with van der Waals surface area (Å²) >= 11 is 0. The molecule has 31 heavy (non-hydrogen) atoms. The van der Waals surface area contributed by atoms with Crippen LogP contribution in [0.3, 0.4) is 0 Å². The van der Waals surface area contributed by atoms with E-state index in [9.17, 15) is 14.0 Å². The summed E-state index contributed by atoms with van der Waals surface area (Å²) in [5.41, 5.74) is 3.18. The molecular weight excluding hydrogens is 397 g/mol. The molecule has 2 N–H and O–H groups in total. The molecule has 0 spiro atoms. The van der Waals surface area contributed by atoms with Crippen LogP contribution in [0, 0.1) is 5.82 Å². The molecule has 1 aliphatic rings. The van der Waals surface area contributed by atoms with Gasteiger partial charge >= 0.3 is 11.8 Å². The van der Waals surface area contributed by atoms with Crippen molar-refractivity contribution in [2.24, 2.45) is 0 Å². The number of carbonyl (C=O) groups is 2. The van der Waals surface area contributed by atoms with Crippen molar-refractivity contribution in [1.82, 2.24) is 15.5 Å². The maximum Gasteiger partial charge on any atom is 0.309 e. The molecule has 1 saturated heterocycles. The molecule has 166 valence electrons. The number of rotatable bonds is 6. The van der Waals surface area contributed by atoms with Crippen LogP contribution < -0.4 is 20.4 Å². The first kappa shape index (κ1) is 22.6. The lowest BCUT2D eigenvalue weighted by Gasteiger charge is -2.40. The molecule has 0 aliphatic carbocycles. The maximum atomic E-state index is 13.2. The Labute approximate surface area is 182 Å². The third kappa shape index (κ3) is 5.73. The Balaban J connectivity index is 1.72. The molecule has 0 aromatic heterocycles. The standard InChI is InChI=1S/C23H30FN5O2/c1-25-22(30)23(31)26-16-21(17-4-8-19(9-5-17)27(2)3)29-14-12-28(13-15-29)20-10-6-18(24)7-11-20/h4-11,21H,12-16H2,1-3H3,(H,25,30)(H,26,31). The van der Waals surface area contributed by atoms with Gasteiger partial charge in [-0.05, 0) is 42.0 Å². The van der Waals surface area contributed by atoms with E-state index in [-0.39, 0.29) is 11.9 Å². The van der Waals surface area contributed by atoms with Crippen LogP contribution in [0.25, 0.3) is 0 Å². The molecule has 1 unspecified atom stereocenters. The molecule has 2 aromatic rings. The summed E-state index contributed by atoms with van der Waals surface area (Å²) in [4.78, 5) is 30.2. The first-order valence-corrected chi connectivity index (χ1v) is 10.4. The largest absolute Gasteiger partial charge is 0.378 e. The fourth-order valence-corrected chi connectivity index (χ4v) is 3.78. The number of halogens is 1. The number of hydrogen-bond acceptors (Lipinski definition) is 5. The molecule has 1 aliphatic heterocycles. The van der Waals surface area contributed by atoms with Crippen molar-refractivity contribution in [2.75, 3.05) is 63.7 Å². The molecule has 0 bridgehead atoms. The molecule has 2 aromatic carbocycles. The molecule has 0 saturated carbocycles. The Morgan fingerprint density at radius 3 is 2.13 bits per heavy atom. The quantitative estimate of drug-likeness (QED) is 0.686. The predicted molar refractivity (Wildman–Crippen MR) is 121 cm³/mol. The molecule has 2 amide bonds. The van der Waals surface area contributed by atoms with Gasteiger partial charge in [0.1, 0.15) is 5.82 Å². The number of likely N-dealkylation sites (N-methyl/N-ethyl adjacent to an activating group) is 1. The van der Waals surface area contributed by atoms with E-state index in [1.165, 1.54) is 19.2 Å². The van der Waals surface area contributed by atoms with Crippen molar-refractivity contribution in [1.29, 1.82) is 0 Å². The van der Waals surface area contributed by atoms with E-state index in [0.29, 0.717) is 6.54 Å². The minimum atomic E-state index is -0.650. The zero-order valence-electron chi connectivity index (χ0n) is 18.3. The summed E-state index contributed by atoms with van der Waals surface area (Å²) in [6.07, 6.45) is 0. The summed E-state index contributed by atoms with van der Waals surface area (Å²) < 4.78 is 13.2. The minimum absolute atomic E-state index is 0.0554. The molecule has 7 nitrogen and oxygen atoms in total. The van der Waals surface area contributed by atoms with Gasteiger partial charge in [0, 0.05) is 65.2 Å². The number of nitrogens with one attached hydrogen (secondary N) is 2. The van der Waals surface area contributed by atoms with Gasteiger partial charge in [-0.3, -0.25) is 14.5 Å². The zero-order valence-corrected chi connectivity index (χ0v) is 18.3. The predicted octanol–water partition coefficient (Wildman–Crippen LogP) is 1.62. The minimum Gasteiger partial charge on any atom is -0.378 e. The lowest BCUT2D eigenvalue weighted by molar-refractivity contribution is -0.139. The monoisotopic (exact) mass is 427 g/mol. The van der Waals surface area contributed by atoms with Gasteiger partial charge in [-0.1, -0.05) is 12.1 Å². The van der Waals surface area contributed by atoms with Crippen molar-refractivity contribution >= 4 is 23.2 Å². The first-order valence-electron chi connectivity index (χ1n) is 10.4. The highest BCUT2D eigenvalue weighted by Gasteiger charge is 2.26. The summed E-state index contributed by atoms with van der Waals surface area (Å²) in [7, 11) is 5.42. The Morgan fingerprint density at radius 2 is 1.58 bits per heavy atom. The van der Waals surface area contributed by atoms with Crippen LogP contribution in [-0.2, 0) is 9.59 Å². The smallest absolute Gasteiger partial charge is 0.309 e.